The number of benzene rings is 1. The van der Waals surface area contributed by atoms with Crippen LogP contribution in [0.4, 0.5) is 5.82 Å². The predicted molar refractivity (Wildman–Crippen MR) is 107 cm³/mol. The third-order valence-electron chi connectivity index (χ3n) is 4.67. The van der Waals surface area contributed by atoms with E-state index in [1.807, 2.05) is 30.5 Å². The maximum atomic E-state index is 12.0. The molecule has 0 saturated carbocycles. The van der Waals surface area contributed by atoms with Gasteiger partial charge < -0.3 is 10.2 Å². The maximum Gasteiger partial charge on any atom is 0.244 e. The summed E-state index contributed by atoms with van der Waals surface area (Å²) in [7, 11) is 0. The lowest BCUT2D eigenvalue weighted by atomic mass is 10.1. The Morgan fingerprint density at radius 1 is 1.11 bits per heavy atom. The SMILES string of the molecule is N#Cc1ccc(/C=C\C(=O)NCc2ccc(N3CCCCCC3)nc2)cc1. The number of nitrogens with one attached hydrogen (secondary N) is 1. The summed E-state index contributed by atoms with van der Waals surface area (Å²) in [5, 5.41) is 11.7. The average molecular weight is 360 g/mol. The summed E-state index contributed by atoms with van der Waals surface area (Å²) in [5.74, 6) is 0.864. The quantitative estimate of drug-likeness (QED) is 0.826. The molecular weight excluding hydrogens is 336 g/mol. The molecular formula is C22H24N4O. The van der Waals surface area contributed by atoms with Crippen LogP contribution in [0.2, 0.25) is 0 Å². The highest BCUT2D eigenvalue weighted by molar-refractivity contribution is 5.91. The Morgan fingerprint density at radius 2 is 1.85 bits per heavy atom. The van der Waals surface area contributed by atoms with Crippen LogP contribution in [0.5, 0.6) is 0 Å². The number of amides is 1. The van der Waals surface area contributed by atoms with Crippen LogP contribution in [0.25, 0.3) is 6.08 Å². The minimum absolute atomic E-state index is 0.157. The highest BCUT2D eigenvalue weighted by Gasteiger charge is 2.10. The van der Waals surface area contributed by atoms with Crippen molar-refractivity contribution in [2.24, 2.45) is 0 Å². The van der Waals surface area contributed by atoms with E-state index in [1.165, 1.54) is 31.8 Å². The zero-order chi connectivity index (χ0) is 18.9. The smallest absolute Gasteiger partial charge is 0.244 e. The Balaban J connectivity index is 1.49. The molecule has 2 heterocycles. The molecule has 5 nitrogen and oxygen atoms in total. The number of hydrogen-bond acceptors (Lipinski definition) is 4. The van der Waals surface area contributed by atoms with Gasteiger partial charge in [-0.05, 0) is 48.2 Å². The second-order valence-electron chi connectivity index (χ2n) is 6.71. The lowest BCUT2D eigenvalue weighted by Crippen LogP contribution is -2.25. The molecule has 1 aromatic heterocycles. The Hall–Kier alpha value is -3.13. The van der Waals surface area contributed by atoms with E-state index in [2.05, 4.69) is 21.3 Å². The molecule has 27 heavy (non-hydrogen) atoms. The second kappa shape index (κ2) is 9.54. The Labute approximate surface area is 160 Å². The first-order valence-corrected chi connectivity index (χ1v) is 9.40. The number of rotatable bonds is 5. The normalized spacial score (nSPS) is 14.6. The summed E-state index contributed by atoms with van der Waals surface area (Å²) in [6.45, 7) is 2.59. The lowest BCUT2D eigenvalue weighted by Gasteiger charge is -2.21. The van der Waals surface area contributed by atoms with Crippen molar-refractivity contribution in [3.05, 3.63) is 65.4 Å². The Morgan fingerprint density at radius 3 is 2.48 bits per heavy atom. The van der Waals surface area contributed by atoms with Crippen LogP contribution in [-0.4, -0.2) is 24.0 Å². The van der Waals surface area contributed by atoms with Gasteiger partial charge in [-0.25, -0.2) is 4.98 Å². The van der Waals surface area contributed by atoms with E-state index >= 15 is 0 Å². The molecule has 1 aliphatic heterocycles. The predicted octanol–water partition coefficient (Wildman–Crippen LogP) is 3.66. The van der Waals surface area contributed by atoms with Crippen LogP contribution >= 0.6 is 0 Å². The summed E-state index contributed by atoms with van der Waals surface area (Å²) in [6.07, 6.45) is 10.1. The zero-order valence-electron chi connectivity index (χ0n) is 15.4. The fraction of sp³-hybridized carbons (Fsp3) is 0.318. The standard InChI is InChI=1S/C22H24N4O/c23-15-19-7-5-18(6-8-19)10-12-22(27)25-17-20-9-11-21(24-16-20)26-13-3-1-2-4-14-26/h5-12,16H,1-4,13-14,17H2,(H,25,27)/b12-10-. The number of carbonyl (C=O) groups is 1. The molecule has 0 spiro atoms. The molecule has 1 aliphatic rings. The van der Waals surface area contributed by atoms with Gasteiger partial charge in [0.1, 0.15) is 5.82 Å². The van der Waals surface area contributed by atoms with Gasteiger partial charge in [-0.1, -0.05) is 31.0 Å². The maximum absolute atomic E-state index is 12.0. The molecule has 2 aromatic rings. The number of carbonyl (C=O) groups excluding carboxylic acids is 1. The fourth-order valence-electron chi connectivity index (χ4n) is 3.10. The first-order chi connectivity index (χ1) is 13.2. The Kier molecular flexibility index (Phi) is 6.59. The number of nitrogens with zero attached hydrogens (tertiary/aromatic N) is 3. The zero-order valence-corrected chi connectivity index (χ0v) is 15.4. The van der Waals surface area contributed by atoms with Crippen molar-refractivity contribution in [1.29, 1.82) is 5.26 Å². The van der Waals surface area contributed by atoms with Crippen molar-refractivity contribution in [3.8, 4) is 6.07 Å². The summed E-state index contributed by atoms with van der Waals surface area (Å²) >= 11 is 0. The molecule has 5 heteroatoms. The van der Waals surface area contributed by atoms with Crippen molar-refractivity contribution in [2.45, 2.75) is 32.2 Å². The number of aromatic nitrogens is 1. The molecule has 0 aliphatic carbocycles. The van der Waals surface area contributed by atoms with E-state index in [1.54, 1.807) is 18.2 Å². The number of hydrogen-bond donors (Lipinski definition) is 1. The van der Waals surface area contributed by atoms with Gasteiger partial charge in [0.2, 0.25) is 5.91 Å². The van der Waals surface area contributed by atoms with Gasteiger partial charge in [0.05, 0.1) is 11.6 Å². The molecule has 0 radical (unpaired) electrons. The number of anilines is 1. The number of nitriles is 1. The van der Waals surface area contributed by atoms with Crippen LogP contribution in [-0.2, 0) is 11.3 Å². The van der Waals surface area contributed by atoms with Crippen LogP contribution < -0.4 is 10.2 Å². The third-order valence-corrected chi connectivity index (χ3v) is 4.67. The van der Waals surface area contributed by atoms with Crippen molar-refractivity contribution >= 4 is 17.8 Å². The van der Waals surface area contributed by atoms with Gasteiger partial charge in [0.15, 0.2) is 0 Å². The Bertz CT molecular complexity index is 811. The third kappa shape index (κ3) is 5.68. The molecule has 1 fully saturated rings. The van der Waals surface area contributed by atoms with Crippen LogP contribution in [0, 0.1) is 11.3 Å². The average Bonchev–Trinajstić information content (AvgIpc) is 3.01. The van der Waals surface area contributed by atoms with Crippen LogP contribution in [0.3, 0.4) is 0 Å². The van der Waals surface area contributed by atoms with E-state index in [-0.39, 0.29) is 5.91 Å². The van der Waals surface area contributed by atoms with E-state index < -0.39 is 0 Å². The largest absolute Gasteiger partial charge is 0.357 e. The highest BCUT2D eigenvalue weighted by atomic mass is 16.1. The summed E-state index contributed by atoms with van der Waals surface area (Å²) in [4.78, 5) is 18.9. The molecule has 1 saturated heterocycles. The van der Waals surface area contributed by atoms with Crippen molar-refractivity contribution in [2.75, 3.05) is 18.0 Å². The van der Waals surface area contributed by atoms with Gasteiger partial charge >= 0.3 is 0 Å². The molecule has 3 rings (SSSR count). The molecule has 0 atom stereocenters. The second-order valence-corrected chi connectivity index (χ2v) is 6.71. The minimum Gasteiger partial charge on any atom is -0.357 e. The summed E-state index contributed by atoms with van der Waals surface area (Å²) in [5.41, 5.74) is 2.47. The topological polar surface area (TPSA) is 69.0 Å². The monoisotopic (exact) mass is 360 g/mol. The van der Waals surface area contributed by atoms with Crippen molar-refractivity contribution in [3.63, 3.8) is 0 Å². The molecule has 0 bridgehead atoms. The summed E-state index contributed by atoms with van der Waals surface area (Å²) in [6, 6.07) is 13.2. The first-order valence-electron chi connectivity index (χ1n) is 9.40. The van der Waals surface area contributed by atoms with Gasteiger partial charge in [0, 0.05) is 31.9 Å². The molecule has 0 unspecified atom stereocenters. The van der Waals surface area contributed by atoms with E-state index in [0.29, 0.717) is 12.1 Å². The highest BCUT2D eigenvalue weighted by Crippen LogP contribution is 2.17. The summed E-state index contributed by atoms with van der Waals surface area (Å²) < 4.78 is 0. The molecule has 138 valence electrons. The molecule has 1 amide bonds. The van der Waals surface area contributed by atoms with Crippen molar-refractivity contribution < 1.29 is 4.79 Å². The minimum atomic E-state index is -0.157. The van der Waals surface area contributed by atoms with E-state index in [9.17, 15) is 4.79 Å². The van der Waals surface area contributed by atoms with Gasteiger partial charge in [-0.3, -0.25) is 4.79 Å². The molecule has 1 aromatic carbocycles. The van der Waals surface area contributed by atoms with Crippen LogP contribution in [0.15, 0.2) is 48.7 Å². The van der Waals surface area contributed by atoms with E-state index in [4.69, 9.17) is 5.26 Å². The number of pyridine rings is 1. The fourth-order valence-corrected chi connectivity index (χ4v) is 3.10. The van der Waals surface area contributed by atoms with Crippen LogP contribution in [0.1, 0.15) is 42.4 Å². The lowest BCUT2D eigenvalue weighted by molar-refractivity contribution is -0.116. The molecule has 1 N–H and O–H groups in total. The first kappa shape index (κ1) is 18.7. The van der Waals surface area contributed by atoms with E-state index in [0.717, 1.165) is 30.0 Å². The van der Waals surface area contributed by atoms with Gasteiger partial charge in [0.25, 0.3) is 0 Å². The van der Waals surface area contributed by atoms with Gasteiger partial charge in [-0.15, -0.1) is 0 Å². The van der Waals surface area contributed by atoms with Crippen molar-refractivity contribution in [1.82, 2.24) is 10.3 Å². The van der Waals surface area contributed by atoms with Gasteiger partial charge in [-0.2, -0.15) is 5.26 Å².